The molecule has 1 fully saturated rings. The minimum absolute atomic E-state index is 0. The average molecular weight is 299 g/mol. The molecule has 5 heteroatoms. The molecule has 1 aromatic carbocycles. The third-order valence-electron chi connectivity index (χ3n) is 3.35. The summed E-state index contributed by atoms with van der Waals surface area (Å²) in [7, 11) is 0. The molecule has 1 heterocycles. The minimum Gasteiger partial charge on any atom is -0.494 e. The highest BCUT2D eigenvalue weighted by Crippen LogP contribution is 2.19. The van der Waals surface area contributed by atoms with E-state index in [1.807, 2.05) is 24.3 Å². The van der Waals surface area contributed by atoms with E-state index < -0.39 is 0 Å². The van der Waals surface area contributed by atoms with Crippen LogP contribution in [0.5, 0.6) is 5.75 Å². The zero-order chi connectivity index (χ0) is 13.5. The number of ether oxygens (including phenoxy) is 1. The molecule has 0 aromatic heterocycles. The Morgan fingerprint density at radius 3 is 3.05 bits per heavy atom. The second-order valence-corrected chi connectivity index (χ2v) is 5.06. The molecule has 1 aromatic rings. The number of amides is 1. The van der Waals surface area contributed by atoms with Crippen LogP contribution < -0.4 is 15.4 Å². The van der Waals surface area contributed by atoms with E-state index in [9.17, 15) is 4.79 Å². The third kappa shape index (κ3) is 5.80. The zero-order valence-corrected chi connectivity index (χ0v) is 12.7. The molecule has 1 unspecified atom stereocenters. The van der Waals surface area contributed by atoms with Crippen molar-refractivity contribution in [2.75, 3.05) is 25.0 Å². The van der Waals surface area contributed by atoms with Crippen molar-refractivity contribution in [1.82, 2.24) is 5.32 Å². The maximum Gasteiger partial charge on any atom is 0.221 e. The number of hydrogen-bond donors (Lipinski definition) is 2. The van der Waals surface area contributed by atoms with Gasteiger partial charge in [-0.1, -0.05) is 6.07 Å². The van der Waals surface area contributed by atoms with Crippen LogP contribution in [0, 0.1) is 5.92 Å². The summed E-state index contributed by atoms with van der Waals surface area (Å²) in [5.41, 5.74) is 0.782. The molecular weight excluding hydrogens is 276 g/mol. The Hall–Kier alpha value is -1.26. The van der Waals surface area contributed by atoms with Gasteiger partial charge in [0.15, 0.2) is 0 Å². The molecular formula is C15H23ClN2O2. The third-order valence-corrected chi connectivity index (χ3v) is 3.35. The smallest absolute Gasteiger partial charge is 0.221 e. The molecule has 1 aliphatic heterocycles. The van der Waals surface area contributed by atoms with Crippen LogP contribution in [0.4, 0.5) is 5.69 Å². The first-order chi connectivity index (χ1) is 9.24. The molecule has 1 atom stereocenters. The number of nitrogens with one attached hydrogen (secondary N) is 2. The molecule has 0 spiro atoms. The Balaban J connectivity index is 0.00000200. The van der Waals surface area contributed by atoms with Crippen LogP contribution in [0.2, 0.25) is 0 Å². The summed E-state index contributed by atoms with van der Waals surface area (Å²) in [4.78, 5) is 11.0. The zero-order valence-electron chi connectivity index (χ0n) is 11.9. The molecule has 2 rings (SSSR count). The fourth-order valence-electron chi connectivity index (χ4n) is 2.38. The van der Waals surface area contributed by atoms with Crippen molar-refractivity contribution in [3.8, 4) is 5.75 Å². The lowest BCUT2D eigenvalue weighted by atomic mass is 9.97. The SMILES string of the molecule is CC(=O)Nc1cccc(OCCC2CCCNC2)c1.Cl. The highest BCUT2D eigenvalue weighted by Gasteiger charge is 2.12. The van der Waals surface area contributed by atoms with Gasteiger partial charge in [0, 0.05) is 18.7 Å². The largest absolute Gasteiger partial charge is 0.494 e. The van der Waals surface area contributed by atoms with Crippen LogP contribution in [0.3, 0.4) is 0 Å². The Morgan fingerprint density at radius 2 is 2.35 bits per heavy atom. The lowest BCUT2D eigenvalue weighted by Crippen LogP contribution is -2.30. The second-order valence-electron chi connectivity index (χ2n) is 5.06. The van der Waals surface area contributed by atoms with Crippen molar-refractivity contribution < 1.29 is 9.53 Å². The van der Waals surface area contributed by atoms with E-state index >= 15 is 0 Å². The van der Waals surface area contributed by atoms with Crippen LogP contribution in [-0.4, -0.2) is 25.6 Å². The van der Waals surface area contributed by atoms with Gasteiger partial charge in [-0.25, -0.2) is 0 Å². The maximum atomic E-state index is 11.0. The van der Waals surface area contributed by atoms with Crippen molar-refractivity contribution in [2.45, 2.75) is 26.2 Å². The Labute approximate surface area is 126 Å². The van der Waals surface area contributed by atoms with Gasteiger partial charge in [0.1, 0.15) is 5.75 Å². The lowest BCUT2D eigenvalue weighted by molar-refractivity contribution is -0.114. The highest BCUT2D eigenvalue weighted by atomic mass is 35.5. The van der Waals surface area contributed by atoms with Gasteiger partial charge in [-0.2, -0.15) is 0 Å². The van der Waals surface area contributed by atoms with Gasteiger partial charge in [0.05, 0.1) is 6.61 Å². The number of carbonyl (C=O) groups excluding carboxylic acids is 1. The summed E-state index contributed by atoms with van der Waals surface area (Å²) in [6.45, 7) is 4.49. The predicted molar refractivity (Wildman–Crippen MR) is 83.7 cm³/mol. The van der Waals surface area contributed by atoms with Crippen molar-refractivity contribution in [3.63, 3.8) is 0 Å². The normalized spacial score (nSPS) is 17.9. The first kappa shape index (κ1) is 16.8. The molecule has 1 aliphatic rings. The average Bonchev–Trinajstić information content (AvgIpc) is 2.40. The van der Waals surface area contributed by atoms with Gasteiger partial charge >= 0.3 is 0 Å². The molecule has 0 radical (unpaired) electrons. The van der Waals surface area contributed by atoms with Gasteiger partial charge < -0.3 is 15.4 Å². The molecule has 1 saturated heterocycles. The molecule has 4 nitrogen and oxygen atoms in total. The lowest BCUT2D eigenvalue weighted by Gasteiger charge is -2.22. The first-order valence-electron chi connectivity index (χ1n) is 6.95. The van der Waals surface area contributed by atoms with E-state index in [0.717, 1.165) is 43.5 Å². The summed E-state index contributed by atoms with van der Waals surface area (Å²) in [6.07, 6.45) is 3.64. The van der Waals surface area contributed by atoms with Crippen LogP contribution in [0.15, 0.2) is 24.3 Å². The maximum absolute atomic E-state index is 11.0. The molecule has 0 bridgehead atoms. The predicted octanol–water partition coefficient (Wildman–Crippen LogP) is 2.84. The number of piperidine rings is 1. The van der Waals surface area contributed by atoms with Crippen molar-refractivity contribution in [3.05, 3.63) is 24.3 Å². The van der Waals surface area contributed by atoms with Gasteiger partial charge in [-0.3, -0.25) is 4.79 Å². The number of carbonyl (C=O) groups is 1. The van der Waals surface area contributed by atoms with E-state index in [-0.39, 0.29) is 18.3 Å². The van der Waals surface area contributed by atoms with E-state index in [2.05, 4.69) is 10.6 Å². The standard InChI is InChI=1S/C15H22N2O2.ClH/c1-12(18)17-14-5-2-6-15(10-14)19-9-7-13-4-3-8-16-11-13;/h2,5-6,10,13,16H,3-4,7-9,11H2,1H3,(H,17,18);1H. The minimum atomic E-state index is -0.0644. The topological polar surface area (TPSA) is 50.4 Å². The Bertz CT molecular complexity index is 420. The number of hydrogen-bond acceptors (Lipinski definition) is 3. The van der Waals surface area contributed by atoms with Gasteiger partial charge in [-0.15, -0.1) is 12.4 Å². The summed E-state index contributed by atoms with van der Waals surface area (Å²) in [6, 6.07) is 7.53. The van der Waals surface area contributed by atoms with Gasteiger partial charge in [0.25, 0.3) is 0 Å². The van der Waals surface area contributed by atoms with E-state index in [4.69, 9.17) is 4.74 Å². The Kier molecular flexibility index (Phi) is 7.41. The van der Waals surface area contributed by atoms with Crippen molar-refractivity contribution in [1.29, 1.82) is 0 Å². The monoisotopic (exact) mass is 298 g/mol. The van der Waals surface area contributed by atoms with Crippen LogP contribution in [-0.2, 0) is 4.79 Å². The summed E-state index contributed by atoms with van der Waals surface area (Å²) in [5.74, 6) is 1.48. The van der Waals surface area contributed by atoms with E-state index in [1.165, 1.54) is 19.8 Å². The van der Waals surface area contributed by atoms with Gasteiger partial charge in [-0.05, 0) is 50.4 Å². The van der Waals surface area contributed by atoms with Gasteiger partial charge in [0.2, 0.25) is 5.91 Å². The molecule has 0 aliphatic carbocycles. The fraction of sp³-hybridized carbons (Fsp3) is 0.533. The number of halogens is 1. The summed E-state index contributed by atoms with van der Waals surface area (Å²) < 4.78 is 5.75. The fourth-order valence-corrected chi connectivity index (χ4v) is 2.38. The number of rotatable bonds is 5. The second kappa shape index (κ2) is 8.82. The van der Waals surface area contributed by atoms with Crippen LogP contribution in [0.25, 0.3) is 0 Å². The first-order valence-corrected chi connectivity index (χ1v) is 6.95. The van der Waals surface area contributed by atoms with Crippen molar-refractivity contribution in [2.24, 2.45) is 5.92 Å². The van der Waals surface area contributed by atoms with Crippen LogP contribution >= 0.6 is 12.4 Å². The molecule has 20 heavy (non-hydrogen) atoms. The Morgan fingerprint density at radius 1 is 1.50 bits per heavy atom. The highest BCUT2D eigenvalue weighted by molar-refractivity contribution is 5.88. The number of anilines is 1. The van der Waals surface area contributed by atoms with Crippen LogP contribution in [0.1, 0.15) is 26.2 Å². The van der Waals surface area contributed by atoms with E-state index in [1.54, 1.807) is 0 Å². The molecule has 2 N–H and O–H groups in total. The number of benzene rings is 1. The quantitative estimate of drug-likeness (QED) is 0.879. The summed E-state index contributed by atoms with van der Waals surface area (Å²) in [5, 5.41) is 6.17. The molecule has 112 valence electrons. The molecule has 1 amide bonds. The molecule has 0 saturated carbocycles. The van der Waals surface area contributed by atoms with E-state index in [0.29, 0.717) is 0 Å². The van der Waals surface area contributed by atoms with Crippen molar-refractivity contribution >= 4 is 24.0 Å². The summed E-state index contributed by atoms with van der Waals surface area (Å²) >= 11 is 0.